The lowest BCUT2D eigenvalue weighted by molar-refractivity contribution is -0.115. The van der Waals surface area contributed by atoms with E-state index in [9.17, 15) is 4.79 Å². The van der Waals surface area contributed by atoms with Crippen molar-refractivity contribution in [3.05, 3.63) is 59.6 Å². The minimum absolute atomic E-state index is 0.0353. The van der Waals surface area contributed by atoms with Crippen LogP contribution in [-0.2, 0) is 4.79 Å². The van der Waals surface area contributed by atoms with Crippen molar-refractivity contribution >= 4 is 35.0 Å². The standard InChI is InChI=1S/C16H14ClN5OS/c1-21(13-7-3-2-4-8-13)15(23)11-24-16-18-19-20-22(16)14-9-5-6-12(17)10-14/h2-10H,11H2,1H3. The molecular formula is C16H14ClN5OS. The summed E-state index contributed by atoms with van der Waals surface area (Å²) < 4.78 is 1.56. The Morgan fingerprint density at radius 2 is 2.00 bits per heavy atom. The molecule has 1 heterocycles. The highest BCUT2D eigenvalue weighted by Crippen LogP contribution is 2.21. The van der Waals surface area contributed by atoms with E-state index in [-0.39, 0.29) is 11.7 Å². The van der Waals surface area contributed by atoms with Gasteiger partial charge in [0.15, 0.2) is 0 Å². The molecule has 3 rings (SSSR count). The van der Waals surface area contributed by atoms with Crippen molar-refractivity contribution in [2.75, 3.05) is 17.7 Å². The molecule has 0 saturated carbocycles. The first-order valence-corrected chi connectivity index (χ1v) is 8.50. The molecule has 122 valence electrons. The predicted molar refractivity (Wildman–Crippen MR) is 94.7 cm³/mol. The number of carbonyl (C=O) groups excluding carboxylic acids is 1. The van der Waals surface area contributed by atoms with E-state index in [1.807, 2.05) is 42.5 Å². The van der Waals surface area contributed by atoms with E-state index in [4.69, 9.17) is 11.6 Å². The number of anilines is 1. The van der Waals surface area contributed by atoms with Crippen LogP contribution in [0.3, 0.4) is 0 Å². The van der Waals surface area contributed by atoms with Crippen LogP contribution in [0.5, 0.6) is 0 Å². The van der Waals surface area contributed by atoms with Crippen LogP contribution in [-0.4, -0.2) is 38.9 Å². The largest absolute Gasteiger partial charge is 0.315 e. The van der Waals surface area contributed by atoms with Gasteiger partial charge in [-0.15, -0.1) is 5.10 Å². The molecule has 0 radical (unpaired) electrons. The molecule has 0 atom stereocenters. The molecule has 0 aliphatic carbocycles. The van der Waals surface area contributed by atoms with E-state index in [0.29, 0.717) is 10.2 Å². The first-order valence-electron chi connectivity index (χ1n) is 7.14. The Morgan fingerprint density at radius 3 is 2.75 bits per heavy atom. The van der Waals surface area contributed by atoms with E-state index in [2.05, 4.69) is 15.5 Å². The fraction of sp³-hybridized carbons (Fsp3) is 0.125. The summed E-state index contributed by atoms with van der Waals surface area (Å²) in [5, 5.41) is 12.8. The van der Waals surface area contributed by atoms with Crippen molar-refractivity contribution in [1.29, 1.82) is 0 Å². The molecule has 0 unspecified atom stereocenters. The number of hydrogen-bond acceptors (Lipinski definition) is 5. The Morgan fingerprint density at radius 1 is 1.21 bits per heavy atom. The van der Waals surface area contributed by atoms with Crippen molar-refractivity contribution in [1.82, 2.24) is 20.2 Å². The Bertz CT molecular complexity index is 839. The maximum Gasteiger partial charge on any atom is 0.237 e. The summed E-state index contributed by atoms with van der Waals surface area (Å²) in [6.07, 6.45) is 0. The van der Waals surface area contributed by atoms with E-state index >= 15 is 0 Å². The monoisotopic (exact) mass is 359 g/mol. The van der Waals surface area contributed by atoms with Gasteiger partial charge in [0.05, 0.1) is 11.4 Å². The lowest BCUT2D eigenvalue weighted by atomic mass is 10.3. The molecule has 1 aromatic heterocycles. The SMILES string of the molecule is CN(C(=O)CSc1nnnn1-c1cccc(Cl)c1)c1ccccc1. The van der Waals surface area contributed by atoms with Crippen LogP contribution < -0.4 is 4.90 Å². The van der Waals surface area contributed by atoms with Gasteiger partial charge in [0.25, 0.3) is 0 Å². The molecular weight excluding hydrogens is 346 g/mol. The van der Waals surface area contributed by atoms with Gasteiger partial charge in [0.1, 0.15) is 0 Å². The molecule has 0 aliphatic rings. The fourth-order valence-corrected chi connectivity index (χ4v) is 3.05. The van der Waals surface area contributed by atoms with Crippen molar-refractivity contribution in [2.24, 2.45) is 0 Å². The summed E-state index contributed by atoms with van der Waals surface area (Å²) in [5.74, 6) is 0.193. The van der Waals surface area contributed by atoms with Gasteiger partial charge in [0, 0.05) is 17.8 Å². The molecule has 2 aromatic carbocycles. The highest BCUT2D eigenvalue weighted by molar-refractivity contribution is 7.99. The molecule has 0 fully saturated rings. The van der Waals surface area contributed by atoms with Crippen molar-refractivity contribution in [3.63, 3.8) is 0 Å². The zero-order valence-electron chi connectivity index (χ0n) is 12.8. The van der Waals surface area contributed by atoms with Crippen molar-refractivity contribution in [2.45, 2.75) is 5.16 Å². The van der Waals surface area contributed by atoms with Gasteiger partial charge in [-0.2, -0.15) is 4.68 Å². The van der Waals surface area contributed by atoms with Crippen molar-refractivity contribution < 1.29 is 4.79 Å². The van der Waals surface area contributed by atoms with Crippen LogP contribution in [0.4, 0.5) is 5.69 Å². The summed E-state index contributed by atoms with van der Waals surface area (Å²) in [6, 6.07) is 16.7. The maximum atomic E-state index is 12.3. The molecule has 1 amide bonds. The number of halogens is 1. The smallest absolute Gasteiger partial charge is 0.237 e. The number of nitrogens with zero attached hydrogens (tertiary/aromatic N) is 5. The molecule has 6 nitrogen and oxygen atoms in total. The first-order chi connectivity index (χ1) is 11.6. The maximum absolute atomic E-state index is 12.3. The van der Waals surface area contributed by atoms with Gasteiger partial charge in [-0.25, -0.2) is 0 Å². The summed E-state index contributed by atoms with van der Waals surface area (Å²) >= 11 is 7.28. The zero-order valence-corrected chi connectivity index (χ0v) is 14.4. The Labute approximate surface area is 148 Å². The van der Waals surface area contributed by atoms with Gasteiger partial charge in [-0.1, -0.05) is 47.6 Å². The molecule has 24 heavy (non-hydrogen) atoms. The number of para-hydroxylation sites is 1. The summed E-state index contributed by atoms with van der Waals surface area (Å²) in [4.78, 5) is 14.0. The van der Waals surface area contributed by atoms with Gasteiger partial charge < -0.3 is 4.90 Å². The first kappa shape index (κ1) is 16.5. The second-order valence-corrected chi connectivity index (χ2v) is 6.31. The number of rotatable bonds is 5. The van der Waals surface area contributed by atoms with Gasteiger partial charge in [-0.05, 0) is 40.8 Å². The molecule has 3 aromatic rings. The topological polar surface area (TPSA) is 63.9 Å². The molecule has 0 N–H and O–H groups in total. The van der Waals surface area contributed by atoms with Crippen LogP contribution in [0.25, 0.3) is 5.69 Å². The molecule has 0 bridgehead atoms. The van der Waals surface area contributed by atoms with Crippen molar-refractivity contribution in [3.8, 4) is 5.69 Å². The predicted octanol–water partition coefficient (Wildman–Crippen LogP) is 3.07. The Kier molecular flexibility index (Phi) is 5.12. The Balaban J connectivity index is 1.70. The number of hydrogen-bond donors (Lipinski definition) is 0. The van der Waals surface area contributed by atoms with E-state index in [0.717, 1.165) is 11.4 Å². The second-order valence-electron chi connectivity index (χ2n) is 4.93. The van der Waals surface area contributed by atoms with Crippen LogP contribution in [0.15, 0.2) is 59.8 Å². The van der Waals surface area contributed by atoms with E-state index < -0.39 is 0 Å². The molecule has 0 spiro atoms. The van der Waals surface area contributed by atoms with E-state index in [1.165, 1.54) is 11.8 Å². The third kappa shape index (κ3) is 3.74. The lowest BCUT2D eigenvalue weighted by Crippen LogP contribution is -2.27. The van der Waals surface area contributed by atoms with Gasteiger partial charge in [-0.3, -0.25) is 4.79 Å². The summed E-state index contributed by atoms with van der Waals surface area (Å²) in [5.41, 5.74) is 1.59. The van der Waals surface area contributed by atoms with Crippen LogP contribution in [0.1, 0.15) is 0 Å². The third-order valence-corrected chi connectivity index (χ3v) is 4.48. The highest BCUT2D eigenvalue weighted by Gasteiger charge is 2.15. The lowest BCUT2D eigenvalue weighted by Gasteiger charge is -2.16. The van der Waals surface area contributed by atoms with Crippen LogP contribution in [0.2, 0.25) is 5.02 Å². The quantitative estimate of drug-likeness (QED) is 0.655. The minimum Gasteiger partial charge on any atom is -0.315 e. The van der Waals surface area contributed by atoms with Crippen LogP contribution >= 0.6 is 23.4 Å². The van der Waals surface area contributed by atoms with Crippen LogP contribution in [0, 0.1) is 0 Å². The summed E-state index contributed by atoms with van der Waals surface area (Å²) in [6.45, 7) is 0. The zero-order chi connectivity index (χ0) is 16.9. The number of benzene rings is 2. The minimum atomic E-state index is -0.0353. The average molecular weight is 360 g/mol. The fourth-order valence-electron chi connectivity index (χ4n) is 2.06. The summed E-state index contributed by atoms with van der Waals surface area (Å²) in [7, 11) is 1.75. The molecule has 0 aliphatic heterocycles. The second kappa shape index (κ2) is 7.46. The number of amides is 1. The normalized spacial score (nSPS) is 10.6. The van der Waals surface area contributed by atoms with Gasteiger partial charge in [0.2, 0.25) is 11.1 Å². The number of tetrazole rings is 1. The highest BCUT2D eigenvalue weighted by atomic mass is 35.5. The third-order valence-electron chi connectivity index (χ3n) is 3.34. The van der Waals surface area contributed by atoms with Gasteiger partial charge >= 0.3 is 0 Å². The van der Waals surface area contributed by atoms with E-state index in [1.54, 1.807) is 28.8 Å². The Hall–Kier alpha value is -2.38. The molecule has 0 saturated heterocycles. The number of aromatic nitrogens is 4. The average Bonchev–Trinajstić information content (AvgIpc) is 3.08. The number of thioether (sulfide) groups is 1. The number of carbonyl (C=O) groups is 1. The molecule has 8 heteroatoms.